The van der Waals surface area contributed by atoms with E-state index < -0.39 is 11.5 Å². The summed E-state index contributed by atoms with van der Waals surface area (Å²) in [4.78, 5) is 35.6. The molecule has 4 heterocycles. The quantitative estimate of drug-likeness (QED) is 0.309. The molecule has 0 saturated carbocycles. The molecule has 3 aromatic heterocycles. The predicted molar refractivity (Wildman–Crippen MR) is 150 cm³/mol. The molecule has 1 N–H and O–H groups in total. The molecule has 1 aliphatic rings. The van der Waals surface area contributed by atoms with Crippen LogP contribution >= 0.6 is 0 Å². The van der Waals surface area contributed by atoms with Crippen LogP contribution < -0.4 is 25.1 Å². The van der Waals surface area contributed by atoms with Gasteiger partial charge in [0.15, 0.2) is 5.56 Å². The Kier molecular flexibility index (Phi) is 6.43. The van der Waals surface area contributed by atoms with E-state index in [-0.39, 0.29) is 29.3 Å². The first-order valence-corrected chi connectivity index (χ1v) is 12.9. The molecule has 0 aliphatic carbocycles. The number of ether oxygens (including phenoxy) is 3. The fourth-order valence-electron chi connectivity index (χ4n) is 4.67. The van der Waals surface area contributed by atoms with E-state index in [1.165, 1.54) is 10.9 Å². The van der Waals surface area contributed by atoms with Crippen molar-refractivity contribution < 1.29 is 19.0 Å². The Morgan fingerprint density at radius 3 is 2.58 bits per heavy atom. The van der Waals surface area contributed by atoms with Gasteiger partial charge in [-0.2, -0.15) is 0 Å². The minimum absolute atomic E-state index is 0.0622. The zero-order valence-corrected chi connectivity index (χ0v) is 22.2. The van der Waals surface area contributed by atoms with Crippen molar-refractivity contribution in [2.24, 2.45) is 5.92 Å². The van der Waals surface area contributed by atoms with Gasteiger partial charge in [0.2, 0.25) is 5.88 Å². The minimum Gasteiger partial charge on any atom is -0.497 e. The Balaban J connectivity index is 1.25. The molecule has 6 rings (SSSR count). The van der Waals surface area contributed by atoms with Crippen molar-refractivity contribution in [3.05, 3.63) is 95.0 Å². The molecule has 2 aromatic carbocycles. The van der Waals surface area contributed by atoms with Gasteiger partial charge in [0.05, 0.1) is 31.1 Å². The third-order valence-corrected chi connectivity index (χ3v) is 6.80. The Morgan fingerprint density at radius 2 is 1.85 bits per heavy atom. The number of rotatable bonds is 7. The number of nitrogens with one attached hydrogen (secondary N) is 1. The molecule has 40 heavy (non-hydrogen) atoms. The number of fused-ring (bicyclic) bond motifs is 2. The lowest BCUT2D eigenvalue weighted by molar-refractivity contribution is 0.101. The highest BCUT2D eigenvalue weighted by Crippen LogP contribution is 2.32. The van der Waals surface area contributed by atoms with Crippen LogP contribution in [-0.4, -0.2) is 38.5 Å². The second-order valence-electron chi connectivity index (χ2n) is 9.74. The molecule has 1 amide bonds. The average Bonchev–Trinajstić information content (AvgIpc) is 3.50. The van der Waals surface area contributed by atoms with Crippen LogP contribution in [0.25, 0.3) is 16.6 Å². The summed E-state index contributed by atoms with van der Waals surface area (Å²) >= 11 is 0. The SMILES string of the molecule is COc1ccc2c(Oc3ccc(NC(=O)c4c5n(n(-c6ccccc6)c4=O)CC(C(C)C)O5)nc3)ccnc2c1. The molecule has 0 saturated heterocycles. The van der Waals surface area contributed by atoms with Gasteiger partial charge in [-0.05, 0) is 48.4 Å². The second kappa shape index (κ2) is 10.2. The van der Waals surface area contributed by atoms with Crippen LogP contribution in [0, 0.1) is 5.92 Å². The molecule has 202 valence electrons. The first-order chi connectivity index (χ1) is 19.4. The van der Waals surface area contributed by atoms with E-state index in [9.17, 15) is 9.59 Å². The first kappa shape index (κ1) is 25.2. The maximum Gasteiger partial charge on any atom is 0.288 e. The Hall–Kier alpha value is -5.12. The summed E-state index contributed by atoms with van der Waals surface area (Å²) in [6.07, 6.45) is 3.00. The maximum absolute atomic E-state index is 13.5. The first-order valence-electron chi connectivity index (χ1n) is 12.9. The fraction of sp³-hybridized carbons (Fsp3) is 0.200. The van der Waals surface area contributed by atoms with Gasteiger partial charge in [0, 0.05) is 17.6 Å². The van der Waals surface area contributed by atoms with Crippen molar-refractivity contribution >= 4 is 22.6 Å². The molecule has 0 fully saturated rings. The van der Waals surface area contributed by atoms with E-state index in [2.05, 4.69) is 15.3 Å². The smallest absolute Gasteiger partial charge is 0.288 e. The van der Waals surface area contributed by atoms with Crippen LogP contribution in [0.5, 0.6) is 23.1 Å². The van der Waals surface area contributed by atoms with Crippen molar-refractivity contribution in [1.29, 1.82) is 0 Å². The summed E-state index contributed by atoms with van der Waals surface area (Å²) in [6, 6.07) is 19.8. The molecule has 0 radical (unpaired) electrons. The molecule has 0 spiro atoms. The molecular weight excluding hydrogens is 510 g/mol. The number of pyridine rings is 2. The normalized spacial score (nSPS) is 14.2. The second-order valence-corrected chi connectivity index (χ2v) is 9.74. The van der Waals surface area contributed by atoms with E-state index in [4.69, 9.17) is 14.2 Å². The zero-order chi connectivity index (χ0) is 27.8. The number of carbonyl (C=O) groups excluding carboxylic acids is 1. The summed E-state index contributed by atoms with van der Waals surface area (Å²) < 4.78 is 20.6. The Morgan fingerprint density at radius 1 is 1.05 bits per heavy atom. The lowest BCUT2D eigenvalue weighted by Crippen LogP contribution is -2.30. The lowest BCUT2D eigenvalue weighted by Gasteiger charge is -2.14. The van der Waals surface area contributed by atoms with Crippen LogP contribution in [0.2, 0.25) is 0 Å². The number of para-hydroxylation sites is 1. The third-order valence-electron chi connectivity index (χ3n) is 6.80. The monoisotopic (exact) mass is 537 g/mol. The van der Waals surface area contributed by atoms with E-state index in [1.807, 2.05) is 62.4 Å². The molecule has 0 bridgehead atoms. The standard InChI is InChI=1S/C30H27N5O5/c1-18(2)25-17-34-30(40-25)27(29(37)35(34)19-7-5-4-6-8-19)28(36)33-26-12-10-21(16-32-26)39-24-13-14-31-23-15-20(38-3)9-11-22(23)24/h4-16,18,25H,17H2,1-3H3,(H,32,33,36). The number of hydrogen-bond acceptors (Lipinski definition) is 7. The van der Waals surface area contributed by atoms with Gasteiger partial charge < -0.3 is 19.5 Å². The predicted octanol–water partition coefficient (Wildman–Crippen LogP) is 5.05. The summed E-state index contributed by atoms with van der Waals surface area (Å²) in [5.41, 5.74) is 0.870. The number of aromatic nitrogens is 4. The van der Waals surface area contributed by atoms with Crippen LogP contribution in [0.15, 0.2) is 83.9 Å². The summed E-state index contributed by atoms with van der Waals surface area (Å²) in [6.45, 7) is 4.55. The van der Waals surface area contributed by atoms with Crippen molar-refractivity contribution in [1.82, 2.24) is 19.3 Å². The zero-order valence-electron chi connectivity index (χ0n) is 22.2. The van der Waals surface area contributed by atoms with Gasteiger partial charge in [0.25, 0.3) is 11.5 Å². The topological polar surface area (TPSA) is 110 Å². The number of carbonyl (C=O) groups is 1. The van der Waals surface area contributed by atoms with Crippen molar-refractivity contribution in [2.75, 3.05) is 12.4 Å². The molecular formula is C30H27N5O5. The number of hydrogen-bond donors (Lipinski definition) is 1. The molecule has 1 atom stereocenters. The van der Waals surface area contributed by atoms with Gasteiger partial charge in [-0.1, -0.05) is 32.0 Å². The molecule has 1 aliphatic heterocycles. The lowest BCUT2D eigenvalue weighted by atomic mass is 10.1. The highest BCUT2D eigenvalue weighted by molar-refractivity contribution is 6.05. The molecule has 10 nitrogen and oxygen atoms in total. The van der Waals surface area contributed by atoms with Gasteiger partial charge in [-0.25, -0.2) is 14.3 Å². The Labute approximate surface area is 229 Å². The molecule has 1 unspecified atom stereocenters. The van der Waals surface area contributed by atoms with Gasteiger partial charge in [0.1, 0.15) is 29.2 Å². The van der Waals surface area contributed by atoms with E-state index in [0.29, 0.717) is 29.5 Å². The number of benzene rings is 2. The summed E-state index contributed by atoms with van der Waals surface area (Å²) in [5, 5.41) is 3.55. The van der Waals surface area contributed by atoms with Crippen molar-refractivity contribution in [2.45, 2.75) is 26.5 Å². The van der Waals surface area contributed by atoms with Gasteiger partial charge in [-0.15, -0.1) is 0 Å². The number of methoxy groups -OCH3 is 1. The van der Waals surface area contributed by atoms with Crippen LogP contribution in [0.4, 0.5) is 5.82 Å². The third kappa shape index (κ3) is 4.53. The highest BCUT2D eigenvalue weighted by atomic mass is 16.5. The largest absolute Gasteiger partial charge is 0.497 e. The van der Waals surface area contributed by atoms with Crippen LogP contribution in [0.3, 0.4) is 0 Å². The minimum atomic E-state index is -0.594. The summed E-state index contributed by atoms with van der Waals surface area (Å²) in [7, 11) is 1.60. The van der Waals surface area contributed by atoms with E-state index in [0.717, 1.165) is 10.9 Å². The van der Waals surface area contributed by atoms with Gasteiger partial charge in [-0.3, -0.25) is 14.6 Å². The van der Waals surface area contributed by atoms with Crippen LogP contribution in [-0.2, 0) is 6.54 Å². The fourth-order valence-corrected chi connectivity index (χ4v) is 4.67. The number of anilines is 1. The number of amides is 1. The summed E-state index contributed by atoms with van der Waals surface area (Å²) in [5.74, 6) is 1.91. The maximum atomic E-state index is 13.5. The van der Waals surface area contributed by atoms with Crippen molar-refractivity contribution in [3.8, 4) is 28.8 Å². The highest BCUT2D eigenvalue weighted by Gasteiger charge is 2.36. The Bertz CT molecular complexity index is 1760. The van der Waals surface area contributed by atoms with E-state index >= 15 is 0 Å². The average molecular weight is 538 g/mol. The molecule has 10 heteroatoms. The van der Waals surface area contributed by atoms with Crippen molar-refractivity contribution in [3.63, 3.8) is 0 Å². The molecule has 5 aromatic rings. The van der Waals surface area contributed by atoms with Crippen LogP contribution in [0.1, 0.15) is 24.2 Å². The van der Waals surface area contributed by atoms with Gasteiger partial charge >= 0.3 is 0 Å². The van der Waals surface area contributed by atoms with E-state index in [1.54, 1.807) is 36.2 Å². The number of nitrogens with zero attached hydrogens (tertiary/aromatic N) is 4.